The van der Waals surface area contributed by atoms with Crippen molar-refractivity contribution >= 4 is 12.3 Å². The first kappa shape index (κ1) is 15.8. The van der Waals surface area contributed by atoms with Crippen LogP contribution in [0, 0.1) is 13.8 Å². The van der Waals surface area contributed by atoms with Gasteiger partial charge in [0.15, 0.2) is 16.9 Å². The summed E-state index contributed by atoms with van der Waals surface area (Å²) in [6.07, 6.45) is 3.42. The van der Waals surface area contributed by atoms with Crippen LogP contribution in [-0.2, 0) is 0 Å². The molecular formula is C16H15F2NO3. The maximum Gasteiger partial charge on any atom is 0.387 e. The number of pyridine rings is 1. The lowest BCUT2D eigenvalue weighted by atomic mass is 10.2. The van der Waals surface area contributed by atoms with E-state index in [4.69, 9.17) is 0 Å². The molecule has 0 aliphatic carbocycles. The minimum Gasteiger partial charge on any atom is -0.504 e. The molecule has 0 atom stereocenters. The molecule has 0 spiro atoms. The second-order valence-electron chi connectivity index (χ2n) is 4.77. The van der Waals surface area contributed by atoms with Gasteiger partial charge in [-0.05, 0) is 37.6 Å². The zero-order valence-electron chi connectivity index (χ0n) is 12.1. The largest absolute Gasteiger partial charge is 0.504 e. The maximum absolute atomic E-state index is 12.1. The number of ether oxygens (including phenoxy) is 1. The van der Waals surface area contributed by atoms with Crippen molar-refractivity contribution < 1.29 is 18.6 Å². The molecule has 4 nitrogen and oxygen atoms in total. The highest BCUT2D eigenvalue weighted by molar-refractivity contribution is 5.64. The van der Waals surface area contributed by atoms with E-state index in [1.807, 2.05) is 4.57 Å². The topological polar surface area (TPSA) is 51.5 Å². The van der Waals surface area contributed by atoms with Crippen LogP contribution in [0.4, 0.5) is 8.78 Å². The van der Waals surface area contributed by atoms with Crippen LogP contribution in [0.3, 0.4) is 0 Å². The molecule has 0 aliphatic heterocycles. The van der Waals surface area contributed by atoms with Crippen LogP contribution in [0.15, 0.2) is 35.1 Å². The summed E-state index contributed by atoms with van der Waals surface area (Å²) >= 11 is 0. The number of alkyl halides is 2. The van der Waals surface area contributed by atoms with Gasteiger partial charge >= 0.3 is 6.61 Å². The molecule has 1 aromatic heterocycles. The van der Waals surface area contributed by atoms with Crippen molar-refractivity contribution in [2.24, 2.45) is 0 Å². The molecule has 1 N–H and O–H groups in total. The third-order valence-electron chi connectivity index (χ3n) is 3.08. The summed E-state index contributed by atoms with van der Waals surface area (Å²) in [6.45, 7) is 0.615. The van der Waals surface area contributed by atoms with Gasteiger partial charge in [-0.1, -0.05) is 6.07 Å². The van der Waals surface area contributed by atoms with Crippen LogP contribution in [0.2, 0.25) is 0 Å². The second-order valence-corrected chi connectivity index (χ2v) is 4.77. The molecule has 0 saturated heterocycles. The van der Waals surface area contributed by atoms with Gasteiger partial charge < -0.3 is 14.4 Å². The number of rotatable bonds is 4. The average molecular weight is 307 g/mol. The first-order chi connectivity index (χ1) is 10.4. The molecule has 0 unspecified atom stereocenters. The van der Waals surface area contributed by atoms with Crippen LogP contribution in [0.25, 0.3) is 12.3 Å². The van der Waals surface area contributed by atoms with Crippen molar-refractivity contribution in [2.45, 2.75) is 20.5 Å². The van der Waals surface area contributed by atoms with E-state index in [1.165, 1.54) is 24.3 Å². The fraction of sp³-hybridized carbons (Fsp3) is 0.188. The summed E-state index contributed by atoms with van der Waals surface area (Å²) < 4.78 is 30.2. The summed E-state index contributed by atoms with van der Waals surface area (Å²) in [5.41, 5.74) is 2.08. The summed E-state index contributed by atoms with van der Waals surface area (Å²) in [6, 6.07) is 7.15. The number of halogens is 2. The number of hydrogen-bond acceptors (Lipinski definition) is 3. The Morgan fingerprint density at radius 2 is 1.82 bits per heavy atom. The second kappa shape index (κ2) is 6.43. The summed E-state index contributed by atoms with van der Waals surface area (Å²) in [7, 11) is 0. The molecule has 2 aromatic rings. The highest BCUT2D eigenvalue weighted by Gasteiger charge is 2.08. The zero-order valence-corrected chi connectivity index (χ0v) is 12.1. The molecule has 0 saturated carbocycles. The molecule has 116 valence electrons. The third kappa shape index (κ3) is 3.72. The zero-order chi connectivity index (χ0) is 16.3. The van der Waals surface area contributed by atoms with E-state index in [1.54, 1.807) is 32.2 Å². The lowest BCUT2D eigenvalue weighted by Gasteiger charge is -2.09. The summed E-state index contributed by atoms with van der Waals surface area (Å²) in [5, 5.41) is 9.64. The summed E-state index contributed by atoms with van der Waals surface area (Å²) in [4.78, 5) is 11.4. The molecule has 0 bridgehead atoms. The fourth-order valence-corrected chi connectivity index (χ4v) is 2.10. The van der Waals surface area contributed by atoms with Gasteiger partial charge in [-0.2, -0.15) is 8.78 Å². The Labute approximate surface area is 125 Å². The monoisotopic (exact) mass is 307 g/mol. The van der Waals surface area contributed by atoms with Crippen LogP contribution >= 0.6 is 0 Å². The number of phenols is 1. The fourth-order valence-electron chi connectivity index (χ4n) is 2.10. The maximum atomic E-state index is 12.1. The van der Waals surface area contributed by atoms with Gasteiger partial charge in [0.25, 0.3) is 0 Å². The highest BCUT2D eigenvalue weighted by Crippen LogP contribution is 2.28. The quantitative estimate of drug-likeness (QED) is 0.942. The average Bonchev–Trinajstić information content (AvgIpc) is 2.40. The minimum atomic E-state index is -2.99. The van der Waals surface area contributed by atoms with Crippen molar-refractivity contribution in [1.82, 2.24) is 4.57 Å². The van der Waals surface area contributed by atoms with E-state index in [0.717, 1.165) is 11.4 Å². The number of phenolic OH excluding ortho intramolecular Hbond substituents is 1. The Morgan fingerprint density at radius 3 is 2.36 bits per heavy atom. The van der Waals surface area contributed by atoms with Gasteiger partial charge in [0, 0.05) is 29.7 Å². The van der Waals surface area contributed by atoms with E-state index in [0.29, 0.717) is 5.56 Å². The summed E-state index contributed by atoms with van der Waals surface area (Å²) in [5.74, 6) is -0.640. The van der Waals surface area contributed by atoms with Gasteiger partial charge in [0.05, 0.1) is 0 Å². The van der Waals surface area contributed by atoms with Crippen LogP contribution < -0.4 is 10.2 Å². The lowest BCUT2D eigenvalue weighted by Crippen LogP contribution is -2.08. The molecule has 1 heterocycles. The number of aromatic hydroxyl groups is 1. The van der Waals surface area contributed by atoms with E-state index in [-0.39, 0.29) is 16.9 Å². The van der Waals surface area contributed by atoms with Crippen molar-refractivity contribution in [3.8, 4) is 11.5 Å². The van der Waals surface area contributed by atoms with E-state index >= 15 is 0 Å². The van der Waals surface area contributed by atoms with E-state index in [2.05, 4.69) is 4.74 Å². The Morgan fingerprint density at radius 1 is 1.18 bits per heavy atom. The number of aromatic nitrogens is 1. The molecule has 1 aromatic carbocycles. The molecule has 0 aliphatic rings. The predicted octanol–water partition coefficient (Wildman–Crippen LogP) is 3.40. The minimum absolute atomic E-state index is 0.0641. The van der Waals surface area contributed by atoms with Gasteiger partial charge in [0.2, 0.25) is 0 Å². The Bertz CT molecular complexity index is 740. The molecule has 0 amide bonds. The standard InChI is InChI=1S/C16H15F2NO3/c1-10-7-13(20)8-11(2)19(10)6-5-12-3-4-15(14(21)9-12)22-16(17)18/h3-9,16,21H,1-2H3/b6-5+. The number of nitrogens with zero attached hydrogens (tertiary/aromatic N) is 1. The van der Waals surface area contributed by atoms with Gasteiger partial charge in [0.1, 0.15) is 0 Å². The van der Waals surface area contributed by atoms with Gasteiger partial charge in [-0.15, -0.1) is 0 Å². The van der Waals surface area contributed by atoms with Gasteiger partial charge in [-0.3, -0.25) is 4.79 Å². The van der Waals surface area contributed by atoms with Crippen molar-refractivity contribution in [3.63, 3.8) is 0 Å². The molecule has 6 heteroatoms. The molecule has 0 radical (unpaired) electrons. The van der Waals surface area contributed by atoms with E-state index in [9.17, 15) is 18.7 Å². The number of benzene rings is 1. The lowest BCUT2D eigenvalue weighted by molar-refractivity contribution is -0.0512. The number of hydrogen-bond donors (Lipinski definition) is 1. The van der Waals surface area contributed by atoms with Crippen molar-refractivity contribution in [1.29, 1.82) is 0 Å². The predicted molar refractivity (Wildman–Crippen MR) is 80.1 cm³/mol. The first-order valence-electron chi connectivity index (χ1n) is 6.52. The van der Waals surface area contributed by atoms with E-state index < -0.39 is 6.61 Å². The molecular weight excluding hydrogens is 292 g/mol. The normalized spacial score (nSPS) is 11.3. The van der Waals surface area contributed by atoms with Gasteiger partial charge in [-0.25, -0.2) is 0 Å². The molecule has 0 fully saturated rings. The Hall–Kier alpha value is -2.63. The smallest absolute Gasteiger partial charge is 0.387 e. The highest BCUT2D eigenvalue weighted by atomic mass is 19.3. The molecule has 2 rings (SSSR count). The molecule has 22 heavy (non-hydrogen) atoms. The van der Waals surface area contributed by atoms with Crippen molar-refractivity contribution in [2.75, 3.05) is 0 Å². The van der Waals surface area contributed by atoms with Crippen LogP contribution in [-0.4, -0.2) is 16.3 Å². The SMILES string of the molecule is Cc1cc(=O)cc(C)n1/C=C/c1ccc(OC(F)F)c(O)c1. The first-order valence-corrected chi connectivity index (χ1v) is 6.52. The van der Waals surface area contributed by atoms with Crippen molar-refractivity contribution in [3.05, 3.63) is 57.5 Å². The number of aryl methyl sites for hydroxylation is 2. The Kier molecular flexibility index (Phi) is 4.60. The van der Waals surface area contributed by atoms with Crippen LogP contribution in [0.1, 0.15) is 17.0 Å². The van der Waals surface area contributed by atoms with Crippen LogP contribution in [0.5, 0.6) is 11.5 Å². The third-order valence-corrected chi connectivity index (χ3v) is 3.08. The Balaban J connectivity index is 2.28.